The van der Waals surface area contributed by atoms with Crippen molar-refractivity contribution in [3.8, 4) is 0 Å². The van der Waals surface area contributed by atoms with Gasteiger partial charge in [-0.25, -0.2) is 0 Å². The molecule has 1 unspecified atom stereocenters. The standard InChI is InChI=1S/C10H16BrN3O/c1-4-7(11)10(15)12-9-5-8(6(2)3)13-14-9/h5-7H,4H2,1-3H3,(H2,12,13,14,15). The number of carbonyl (C=O) groups is 1. The normalized spacial score (nSPS) is 12.9. The summed E-state index contributed by atoms with van der Waals surface area (Å²) in [6, 6.07) is 1.86. The van der Waals surface area contributed by atoms with Gasteiger partial charge in [-0.2, -0.15) is 5.10 Å². The number of carbonyl (C=O) groups excluding carboxylic acids is 1. The van der Waals surface area contributed by atoms with E-state index in [4.69, 9.17) is 0 Å². The van der Waals surface area contributed by atoms with Crippen molar-refractivity contribution in [3.05, 3.63) is 11.8 Å². The number of rotatable bonds is 4. The number of hydrogen-bond donors (Lipinski definition) is 2. The molecule has 0 aliphatic rings. The molecular weight excluding hydrogens is 258 g/mol. The fourth-order valence-electron chi connectivity index (χ4n) is 1.09. The van der Waals surface area contributed by atoms with E-state index in [0.717, 1.165) is 12.1 Å². The summed E-state index contributed by atoms with van der Waals surface area (Å²) in [5.41, 5.74) is 1.02. The molecule has 5 heteroatoms. The molecule has 0 radical (unpaired) electrons. The van der Waals surface area contributed by atoms with Crippen molar-refractivity contribution < 1.29 is 4.79 Å². The Morgan fingerprint density at radius 1 is 1.67 bits per heavy atom. The van der Waals surface area contributed by atoms with Crippen LogP contribution < -0.4 is 5.32 Å². The van der Waals surface area contributed by atoms with Gasteiger partial charge in [0.05, 0.1) is 4.83 Å². The highest BCUT2D eigenvalue weighted by Gasteiger charge is 2.14. The Balaban J connectivity index is 2.61. The van der Waals surface area contributed by atoms with Gasteiger partial charge in [-0.3, -0.25) is 9.89 Å². The van der Waals surface area contributed by atoms with E-state index in [1.165, 1.54) is 0 Å². The topological polar surface area (TPSA) is 57.8 Å². The first kappa shape index (κ1) is 12.2. The van der Waals surface area contributed by atoms with Crippen LogP contribution in [0.2, 0.25) is 0 Å². The number of hydrogen-bond acceptors (Lipinski definition) is 2. The third kappa shape index (κ3) is 3.34. The lowest BCUT2D eigenvalue weighted by atomic mass is 10.1. The van der Waals surface area contributed by atoms with Gasteiger partial charge in [-0.05, 0) is 12.3 Å². The van der Waals surface area contributed by atoms with Crippen LogP contribution in [0.15, 0.2) is 6.07 Å². The van der Waals surface area contributed by atoms with Crippen LogP contribution in [0.4, 0.5) is 5.82 Å². The zero-order chi connectivity index (χ0) is 11.4. The van der Waals surface area contributed by atoms with Crippen molar-refractivity contribution in [3.63, 3.8) is 0 Å². The van der Waals surface area contributed by atoms with Crippen molar-refractivity contribution >= 4 is 27.7 Å². The number of amides is 1. The molecule has 0 bridgehead atoms. The summed E-state index contributed by atoms with van der Waals surface area (Å²) in [4.78, 5) is 11.4. The quantitative estimate of drug-likeness (QED) is 0.829. The third-order valence-corrected chi connectivity index (χ3v) is 3.18. The smallest absolute Gasteiger partial charge is 0.239 e. The molecule has 0 saturated carbocycles. The highest BCUT2D eigenvalue weighted by Crippen LogP contribution is 2.15. The molecule has 1 atom stereocenters. The molecule has 0 aliphatic carbocycles. The Hall–Kier alpha value is -0.840. The fourth-order valence-corrected chi connectivity index (χ4v) is 1.20. The minimum absolute atomic E-state index is 0.0562. The van der Waals surface area contributed by atoms with E-state index in [9.17, 15) is 4.79 Å². The third-order valence-electron chi connectivity index (χ3n) is 2.11. The van der Waals surface area contributed by atoms with Gasteiger partial charge >= 0.3 is 0 Å². The summed E-state index contributed by atoms with van der Waals surface area (Å²) in [6.07, 6.45) is 0.757. The second-order valence-corrected chi connectivity index (χ2v) is 4.83. The van der Waals surface area contributed by atoms with E-state index in [2.05, 4.69) is 45.3 Å². The summed E-state index contributed by atoms with van der Waals surface area (Å²) in [6.45, 7) is 6.08. The predicted molar refractivity (Wildman–Crippen MR) is 64.3 cm³/mol. The van der Waals surface area contributed by atoms with Gasteiger partial charge in [-0.15, -0.1) is 0 Å². The van der Waals surface area contributed by atoms with Crippen molar-refractivity contribution in [1.82, 2.24) is 10.2 Å². The number of alkyl halides is 1. The van der Waals surface area contributed by atoms with Crippen molar-refractivity contribution in [1.29, 1.82) is 0 Å². The molecule has 0 aromatic carbocycles. The van der Waals surface area contributed by atoms with E-state index in [1.807, 2.05) is 13.0 Å². The number of anilines is 1. The number of aromatic amines is 1. The van der Waals surface area contributed by atoms with Gasteiger partial charge in [0.25, 0.3) is 0 Å². The van der Waals surface area contributed by atoms with Crippen molar-refractivity contribution in [2.45, 2.75) is 37.9 Å². The lowest BCUT2D eigenvalue weighted by Crippen LogP contribution is -2.22. The lowest BCUT2D eigenvalue weighted by molar-refractivity contribution is -0.115. The van der Waals surface area contributed by atoms with Gasteiger partial charge in [0.2, 0.25) is 5.91 Å². The van der Waals surface area contributed by atoms with Crippen LogP contribution in [0.25, 0.3) is 0 Å². The average molecular weight is 274 g/mol. The minimum atomic E-state index is -0.156. The monoisotopic (exact) mass is 273 g/mol. The van der Waals surface area contributed by atoms with Crippen LogP contribution in [0.3, 0.4) is 0 Å². The first-order valence-corrected chi connectivity index (χ1v) is 5.96. The molecule has 84 valence electrons. The highest BCUT2D eigenvalue weighted by atomic mass is 79.9. The van der Waals surface area contributed by atoms with Gasteiger partial charge in [0.1, 0.15) is 0 Å². The Kier molecular flexibility index (Phi) is 4.32. The van der Waals surface area contributed by atoms with Crippen molar-refractivity contribution in [2.75, 3.05) is 5.32 Å². The van der Waals surface area contributed by atoms with Crippen LogP contribution in [0, 0.1) is 0 Å². The Morgan fingerprint density at radius 2 is 2.33 bits per heavy atom. The SMILES string of the molecule is CCC(Br)C(=O)Nc1cc(C(C)C)[nH]n1. The van der Waals surface area contributed by atoms with Gasteiger partial charge < -0.3 is 5.32 Å². The zero-order valence-electron chi connectivity index (χ0n) is 9.17. The molecule has 4 nitrogen and oxygen atoms in total. The summed E-state index contributed by atoms with van der Waals surface area (Å²) in [5.74, 6) is 0.912. The number of aromatic nitrogens is 2. The van der Waals surface area contributed by atoms with Gasteiger partial charge in [0, 0.05) is 11.8 Å². The maximum absolute atomic E-state index is 11.5. The van der Waals surface area contributed by atoms with E-state index in [-0.39, 0.29) is 10.7 Å². The second-order valence-electron chi connectivity index (χ2n) is 3.73. The summed E-state index contributed by atoms with van der Waals surface area (Å²) < 4.78 is 0. The average Bonchev–Trinajstić information content (AvgIpc) is 2.65. The molecule has 1 rings (SSSR count). The van der Waals surface area contributed by atoms with Crippen LogP contribution in [-0.2, 0) is 4.79 Å². The molecule has 1 amide bonds. The molecule has 1 aromatic rings. The molecule has 15 heavy (non-hydrogen) atoms. The second kappa shape index (κ2) is 5.30. The zero-order valence-corrected chi connectivity index (χ0v) is 10.8. The summed E-state index contributed by atoms with van der Waals surface area (Å²) >= 11 is 3.29. The van der Waals surface area contributed by atoms with E-state index >= 15 is 0 Å². The first-order valence-electron chi connectivity index (χ1n) is 5.04. The molecule has 0 spiro atoms. The Bertz CT molecular complexity index is 335. The molecule has 0 aliphatic heterocycles. The van der Waals surface area contributed by atoms with E-state index < -0.39 is 0 Å². The molecule has 0 saturated heterocycles. The molecule has 1 aromatic heterocycles. The van der Waals surface area contributed by atoms with Gasteiger partial charge in [-0.1, -0.05) is 36.7 Å². The van der Waals surface area contributed by atoms with Gasteiger partial charge in [0.15, 0.2) is 5.82 Å². The first-order chi connectivity index (χ1) is 7.04. The minimum Gasteiger partial charge on any atom is -0.308 e. The van der Waals surface area contributed by atoms with Crippen molar-refractivity contribution in [2.24, 2.45) is 0 Å². The van der Waals surface area contributed by atoms with Crippen LogP contribution >= 0.6 is 15.9 Å². The lowest BCUT2D eigenvalue weighted by Gasteiger charge is -2.05. The van der Waals surface area contributed by atoms with Crippen LogP contribution in [0.1, 0.15) is 38.8 Å². The fraction of sp³-hybridized carbons (Fsp3) is 0.600. The largest absolute Gasteiger partial charge is 0.308 e. The number of nitrogens with one attached hydrogen (secondary N) is 2. The Labute approximate surface area is 98.0 Å². The van der Waals surface area contributed by atoms with E-state index in [0.29, 0.717) is 11.7 Å². The summed E-state index contributed by atoms with van der Waals surface area (Å²) in [5, 5.41) is 9.64. The molecule has 1 heterocycles. The summed E-state index contributed by atoms with van der Waals surface area (Å²) in [7, 11) is 0. The maximum atomic E-state index is 11.5. The van der Waals surface area contributed by atoms with Crippen LogP contribution in [-0.4, -0.2) is 20.9 Å². The van der Waals surface area contributed by atoms with Crippen LogP contribution in [0.5, 0.6) is 0 Å². The molecular formula is C10H16BrN3O. The number of H-pyrrole nitrogens is 1. The predicted octanol–water partition coefficient (Wildman–Crippen LogP) is 2.65. The number of nitrogens with zero attached hydrogens (tertiary/aromatic N) is 1. The Morgan fingerprint density at radius 3 is 2.80 bits per heavy atom. The molecule has 2 N–H and O–H groups in total. The number of halogens is 1. The molecule has 0 fully saturated rings. The highest BCUT2D eigenvalue weighted by molar-refractivity contribution is 9.10. The van der Waals surface area contributed by atoms with E-state index in [1.54, 1.807) is 0 Å². The maximum Gasteiger partial charge on any atom is 0.239 e.